The number of carbonyl (C=O) groups excluding carboxylic acids is 2. The molecule has 4 rings (SSSR count). The van der Waals surface area contributed by atoms with Gasteiger partial charge in [-0.3, -0.25) is 9.69 Å². The van der Waals surface area contributed by atoms with Gasteiger partial charge in [0.2, 0.25) is 5.91 Å². The Morgan fingerprint density at radius 1 is 0.906 bits per heavy atom. The van der Waals surface area contributed by atoms with E-state index >= 15 is 0 Å². The van der Waals surface area contributed by atoms with Gasteiger partial charge >= 0.3 is 5.97 Å². The molecule has 0 saturated carbocycles. The highest BCUT2D eigenvalue weighted by Gasteiger charge is 2.19. The normalized spacial score (nSPS) is 10.4. The first-order valence-electron chi connectivity index (χ1n) is 9.91. The highest BCUT2D eigenvalue weighted by atomic mass is 32.1. The first-order chi connectivity index (χ1) is 15.6. The van der Waals surface area contributed by atoms with E-state index in [1.54, 1.807) is 29.6 Å². The summed E-state index contributed by atoms with van der Waals surface area (Å²) in [4.78, 5) is 30.9. The lowest BCUT2D eigenvalue weighted by Gasteiger charge is -2.17. The molecule has 1 aromatic heterocycles. The topological polar surface area (TPSA) is 68.7 Å². The smallest absolute Gasteiger partial charge is 0.342 e. The molecule has 0 N–H and O–H groups in total. The molecule has 7 heteroatoms. The number of hydrogen-bond donors (Lipinski definition) is 0. The third-order valence-corrected chi connectivity index (χ3v) is 5.36. The molecule has 0 spiro atoms. The second-order valence-corrected chi connectivity index (χ2v) is 7.64. The predicted molar refractivity (Wildman–Crippen MR) is 123 cm³/mol. The Balaban J connectivity index is 1.46. The summed E-state index contributed by atoms with van der Waals surface area (Å²) in [5, 5.41) is 2.29. The molecule has 0 aliphatic carbocycles. The minimum absolute atomic E-state index is 0.0183. The summed E-state index contributed by atoms with van der Waals surface area (Å²) < 4.78 is 11.3. The van der Waals surface area contributed by atoms with E-state index in [2.05, 4.69) is 4.98 Å². The van der Waals surface area contributed by atoms with Crippen LogP contribution in [0.2, 0.25) is 0 Å². The molecule has 160 valence electrons. The maximum Gasteiger partial charge on any atom is 0.342 e. The number of rotatable bonds is 7. The van der Waals surface area contributed by atoms with E-state index < -0.39 is 5.97 Å². The largest absolute Gasteiger partial charge is 0.456 e. The van der Waals surface area contributed by atoms with Crippen LogP contribution in [0.25, 0.3) is 0 Å². The molecule has 6 nitrogen and oxygen atoms in total. The maximum absolute atomic E-state index is 12.7. The fraction of sp³-hybridized carbons (Fsp3) is 0.0800. The monoisotopic (exact) mass is 444 g/mol. The highest BCUT2D eigenvalue weighted by Crippen LogP contribution is 2.29. The van der Waals surface area contributed by atoms with E-state index in [1.807, 2.05) is 60.7 Å². The maximum atomic E-state index is 12.7. The zero-order valence-corrected chi connectivity index (χ0v) is 18.1. The molecule has 0 radical (unpaired) electrons. The third kappa shape index (κ3) is 5.01. The van der Waals surface area contributed by atoms with Crippen LogP contribution in [0.3, 0.4) is 0 Å². The lowest BCUT2D eigenvalue weighted by Crippen LogP contribution is -2.22. The van der Waals surface area contributed by atoms with E-state index in [9.17, 15) is 9.59 Å². The average Bonchev–Trinajstić information content (AvgIpc) is 3.27. The van der Waals surface area contributed by atoms with Gasteiger partial charge in [0.05, 0.1) is 11.4 Å². The van der Waals surface area contributed by atoms with Crippen molar-refractivity contribution in [3.8, 4) is 11.5 Å². The Labute approximate surface area is 189 Å². The summed E-state index contributed by atoms with van der Waals surface area (Å²) in [6.07, 6.45) is 0. The fourth-order valence-electron chi connectivity index (χ4n) is 3.03. The second kappa shape index (κ2) is 9.89. The van der Waals surface area contributed by atoms with E-state index in [1.165, 1.54) is 23.2 Å². The van der Waals surface area contributed by atoms with E-state index in [-0.39, 0.29) is 12.5 Å². The van der Waals surface area contributed by atoms with E-state index in [4.69, 9.17) is 9.47 Å². The van der Waals surface area contributed by atoms with Crippen molar-refractivity contribution in [3.05, 3.63) is 102 Å². The molecule has 0 unspecified atom stereocenters. The summed E-state index contributed by atoms with van der Waals surface area (Å²) in [6.45, 7) is 1.47. The van der Waals surface area contributed by atoms with E-state index in [0.717, 1.165) is 5.69 Å². The number of esters is 1. The predicted octanol–water partition coefficient (Wildman–Crippen LogP) is 5.98. The molecule has 0 fully saturated rings. The van der Waals surface area contributed by atoms with Crippen molar-refractivity contribution in [2.45, 2.75) is 13.5 Å². The number of aromatic nitrogens is 1. The van der Waals surface area contributed by atoms with Gasteiger partial charge in [0, 0.05) is 12.3 Å². The van der Waals surface area contributed by atoms with Crippen LogP contribution in [0.4, 0.5) is 10.8 Å². The second-order valence-electron chi connectivity index (χ2n) is 6.80. The van der Waals surface area contributed by atoms with Crippen molar-refractivity contribution >= 4 is 34.0 Å². The number of para-hydroxylation sites is 3. The van der Waals surface area contributed by atoms with Gasteiger partial charge in [-0.05, 0) is 36.4 Å². The van der Waals surface area contributed by atoms with Crippen LogP contribution in [-0.4, -0.2) is 16.9 Å². The van der Waals surface area contributed by atoms with Crippen molar-refractivity contribution in [1.29, 1.82) is 0 Å². The van der Waals surface area contributed by atoms with Crippen molar-refractivity contribution in [1.82, 2.24) is 4.98 Å². The van der Waals surface area contributed by atoms with Gasteiger partial charge in [0.25, 0.3) is 0 Å². The summed E-state index contributed by atoms with van der Waals surface area (Å²) >= 11 is 1.31. The number of amides is 1. The summed E-state index contributed by atoms with van der Waals surface area (Å²) in [5.74, 6) is 0.371. The summed E-state index contributed by atoms with van der Waals surface area (Å²) in [5.41, 5.74) is 1.60. The van der Waals surface area contributed by atoms with Gasteiger partial charge in [-0.25, -0.2) is 9.78 Å². The number of benzene rings is 3. The van der Waals surface area contributed by atoms with Crippen molar-refractivity contribution in [2.24, 2.45) is 0 Å². The van der Waals surface area contributed by atoms with Gasteiger partial charge in [-0.2, -0.15) is 0 Å². The van der Waals surface area contributed by atoms with Crippen molar-refractivity contribution in [2.75, 3.05) is 4.90 Å². The number of hydrogen-bond acceptors (Lipinski definition) is 6. The molecule has 1 amide bonds. The van der Waals surface area contributed by atoms with Gasteiger partial charge < -0.3 is 9.47 Å². The molecule has 32 heavy (non-hydrogen) atoms. The van der Waals surface area contributed by atoms with Crippen LogP contribution in [0.1, 0.15) is 23.0 Å². The lowest BCUT2D eigenvalue weighted by atomic mass is 10.2. The van der Waals surface area contributed by atoms with Crippen LogP contribution in [0.15, 0.2) is 90.3 Å². The Hall–Kier alpha value is -3.97. The van der Waals surface area contributed by atoms with Gasteiger partial charge in [-0.15, -0.1) is 11.3 Å². The number of ether oxygens (including phenoxy) is 2. The number of anilines is 2. The Morgan fingerprint density at radius 2 is 1.56 bits per heavy atom. The van der Waals surface area contributed by atoms with Crippen molar-refractivity contribution in [3.63, 3.8) is 0 Å². The number of nitrogens with zero attached hydrogens (tertiary/aromatic N) is 2. The Morgan fingerprint density at radius 3 is 2.28 bits per heavy atom. The standard InChI is InChI=1S/C25H20N2O4S/c1-18(28)27(20-10-4-2-5-11-20)25-26-19(17-32-25)16-30-24(29)22-14-8-9-15-23(22)31-21-12-6-3-7-13-21/h2-15,17H,16H2,1H3. The SMILES string of the molecule is CC(=O)N(c1ccccc1)c1nc(COC(=O)c2ccccc2Oc2ccccc2)cs1. The molecule has 0 atom stereocenters. The third-order valence-electron chi connectivity index (χ3n) is 4.49. The number of carbonyl (C=O) groups is 2. The molecule has 0 saturated heterocycles. The average molecular weight is 445 g/mol. The quantitative estimate of drug-likeness (QED) is 0.328. The summed E-state index contributed by atoms with van der Waals surface area (Å²) in [7, 11) is 0. The Kier molecular flexibility index (Phi) is 6.57. The first kappa shape index (κ1) is 21.3. The molecular formula is C25H20N2O4S. The van der Waals surface area contributed by atoms with Crippen LogP contribution in [0.5, 0.6) is 11.5 Å². The van der Waals surface area contributed by atoms with Gasteiger partial charge in [-0.1, -0.05) is 48.5 Å². The van der Waals surface area contributed by atoms with Crippen LogP contribution in [-0.2, 0) is 16.1 Å². The molecule has 1 heterocycles. The van der Waals surface area contributed by atoms with Gasteiger partial charge in [0.15, 0.2) is 5.13 Å². The molecule has 4 aromatic rings. The van der Waals surface area contributed by atoms with Crippen molar-refractivity contribution < 1.29 is 19.1 Å². The Bertz CT molecular complexity index is 1210. The molecule has 0 aliphatic rings. The molecule has 0 aliphatic heterocycles. The van der Waals surface area contributed by atoms with Crippen LogP contribution in [0, 0.1) is 0 Å². The molecule has 0 bridgehead atoms. The minimum Gasteiger partial charge on any atom is -0.456 e. The first-order valence-corrected chi connectivity index (χ1v) is 10.8. The van der Waals surface area contributed by atoms with E-state index in [0.29, 0.717) is 27.9 Å². The lowest BCUT2D eigenvalue weighted by molar-refractivity contribution is -0.115. The molecule has 3 aromatic carbocycles. The minimum atomic E-state index is -0.516. The summed E-state index contributed by atoms with van der Waals surface area (Å²) in [6, 6.07) is 25.4. The zero-order valence-electron chi connectivity index (χ0n) is 17.3. The molecular weight excluding hydrogens is 424 g/mol. The fourth-order valence-corrected chi connectivity index (χ4v) is 3.90. The van der Waals surface area contributed by atoms with Gasteiger partial charge in [0.1, 0.15) is 23.7 Å². The van der Waals surface area contributed by atoms with Crippen LogP contribution < -0.4 is 9.64 Å². The highest BCUT2D eigenvalue weighted by molar-refractivity contribution is 7.14. The zero-order chi connectivity index (χ0) is 22.3. The number of thiazole rings is 1. The van der Waals surface area contributed by atoms with Crippen LogP contribution >= 0.6 is 11.3 Å².